The summed E-state index contributed by atoms with van der Waals surface area (Å²) in [6, 6.07) is 0. The summed E-state index contributed by atoms with van der Waals surface area (Å²) in [5.41, 5.74) is 3.28. The van der Waals surface area contributed by atoms with E-state index < -0.39 is 17.1 Å². The summed E-state index contributed by atoms with van der Waals surface area (Å²) in [7, 11) is 0. The molecule has 2 N–H and O–H groups in total. The average Bonchev–Trinajstić information content (AvgIpc) is 2.87. The molecule has 1 saturated carbocycles. The van der Waals surface area contributed by atoms with Gasteiger partial charge in [-0.15, -0.1) is 11.8 Å². The number of hydrogen-bond donors (Lipinski definition) is 1. The van der Waals surface area contributed by atoms with Gasteiger partial charge >= 0.3 is 6.18 Å². The van der Waals surface area contributed by atoms with Crippen molar-refractivity contribution in [3.05, 3.63) is 11.1 Å². The van der Waals surface area contributed by atoms with Crippen molar-refractivity contribution < 1.29 is 13.2 Å². The van der Waals surface area contributed by atoms with Crippen molar-refractivity contribution in [3.8, 4) is 0 Å². The van der Waals surface area contributed by atoms with Gasteiger partial charge in [0.05, 0.1) is 9.92 Å². The maximum Gasteiger partial charge on any atom is 0.400 e. The molecule has 1 aromatic heterocycles. The molecule has 0 radical (unpaired) electrons. The van der Waals surface area contributed by atoms with E-state index in [1.165, 1.54) is 23.1 Å². The molecule has 2 aliphatic rings. The zero-order valence-corrected chi connectivity index (χ0v) is 11.8. The molecule has 0 aromatic carbocycles. The molecule has 3 rings (SSSR count). The molecule has 1 unspecified atom stereocenters. The maximum absolute atomic E-state index is 13.1. The lowest BCUT2D eigenvalue weighted by Crippen LogP contribution is -2.30. The molecule has 1 aliphatic heterocycles. The minimum atomic E-state index is -4.20. The number of thioether (sulfide) groups is 1. The first kappa shape index (κ1) is 13.2. The van der Waals surface area contributed by atoms with E-state index in [2.05, 4.69) is 9.98 Å². The van der Waals surface area contributed by atoms with Crippen LogP contribution in [-0.2, 0) is 5.54 Å². The van der Waals surface area contributed by atoms with E-state index in [-0.39, 0.29) is 17.9 Å². The van der Waals surface area contributed by atoms with Gasteiger partial charge in [0, 0.05) is 11.9 Å². The first-order chi connectivity index (χ1) is 8.77. The zero-order chi connectivity index (χ0) is 13.9. The number of thiazole rings is 1. The van der Waals surface area contributed by atoms with Gasteiger partial charge in [0.25, 0.3) is 0 Å². The van der Waals surface area contributed by atoms with Crippen molar-refractivity contribution in [2.75, 3.05) is 11.5 Å². The maximum atomic E-state index is 13.1. The first-order valence-electron chi connectivity index (χ1n) is 5.79. The van der Waals surface area contributed by atoms with E-state index in [0.717, 1.165) is 4.88 Å². The van der Waals surface area contributed by atoms with Crippen LogP contribution in [0.2, 0.25) is 0 Å². The second kappa shape index (κ2) is 3.88. The van der Waals surface area contributed by atoms with Crippen LogP contribution in [0.4, 0.5) is 18.3 Å². The van der Waals surface area contributed by atoms with E-state index in [4.69, 9.17) is 5.73 Å². The Kier molecular flexibility index (Phi) is 2.70. The molecular weight excluding hydrogens is 295 g/mol. The molecule has 0 saturated heterocycles. The predicted molar refractivity (Wildman–Crippen MR) is 71.5 cm³/mol. The van der Waals surface area contributed by atoms with E-state index in [0.29, 0.717) is 10.9 Å². The van der Waals surface area contributed by atoms with Crippen LogP contribution in [0.3, 0.4) is 0 Å². The number of hydrogen-bond acceptors (Lipinski definition) is 5. The number of alkyl halides is 3. The minimum Gasteiger partial charge on any atom is -0.375 e. The van der Waals surface area contributed by atoms with Gasteiger partial charge in [0.2, 0.25) is 0 Å². The van der Waals surface area contributed by atoms with E-state index in [1.807, 2.05) is 6.92 Å². The highest BCUT2D eigenvalue weighted by Crippen LogP contribution is 2.62. The lowest BCUT2D eigenvalue weighted by atomic mass is 10.0. The number of rotatable bonds is 2. The van der Waals surface area contributed by atoms with Crippen molar-refractivity contribution in [1.29, 1.82) is 0 Å². The summed E-state index contributed by atoms with van der Waals surface area (Å²) in [5.74, 6) is 0.516. The summed E-state index contributed by atoms with van der Waals surface area (Å²) in [5, 5.41) is 0.649. The van der Waals surface area contributed by atoms with Gasteiger partial charge in [-0.3, -0.25) is 4.99 Å². The number of anilines is 1. The van der Waals surface area contributed by atoms with Crippen LogP contribution in [0, 0.1) is 5.41 Å². The van der Waals surface area contributed by atoms with Crippen molar-refractivity contribution in [2.45, 2.75) is 31.5 Å². The summed E-state index contributed by atoms with van der Waals surface area (Å²) < 4.78 is 39.2. The summed E-state index contributed by atoms with van der Waals surface area (Å²) in [4.78, 5) is 9.16. The van der Waals surface area contributed by atoms with Crippen molar-refractivity contribution in [2.24, 2.45) is 10.4 Å². The quantitative estimate of drug-likeness (QED) is 0.910. The third-order valence-corrected chi connectivity index (χ3v) is 6.14. The monoisotopic (exact) mass is 307 g/mol. The average molecular weight is 307 g/mol. The number of nitrogens with two attached hydrogens (primary N) is 1. The number of nitrogens with zero attached hydrogens (tertiary/aromatic N) is 2. The SMILES string of the molecule is CC1(c2cnc(N)s2)CSC(C2(C(F)(F)F)CC2)=N1. The standard InChI is InChI=1S/C11H12F3N3S2/c1-9(6-4-16-8(15)19-6)5-18-7(17-9)10(2-3-10)11(12,13)14/h4H,2-3,5H2,1H3,(H2,15,16). The van der Waals surface area contributed by atoms with Gasteiger partial charge in [-0.2, -0.15) is 13.2 Å². The van der Waals surface area contributed by atoms with Gasteiger partial charge in [-0.05, 0) is 19.8 Å². The summed E-state index contributed by atoms with van der Waals surface area (Å²) in [6.07, 6.45) is -2.27. The van der Waals surface area contributed by atoms with Crippen LogP contribution in [0.1, 0.15) is 24.6 Å². The molecule has 3 nitrogen and oxygen atoms in total. The first-order valence-corrected chi connectivity index (χ1v) is 7.59. The third-order valence-electron chi connectivity index (χ3n) is 3.59. The Morgan fingerprint density at radius 2 is 2.05 bits per heavy atom. The zero-order valence-electron chi connectivity index (χ0n) is 10.1. The molecule has 1 aliphatic carbocycles. The lowest BCUT2D eigenvalue weighted by molar-refractivity contribution is -0.164. The molecule has 19 heavy (non-hydrogen) atoms. The number of aliphatic imine (C=N–C) groups is 1. The minimum absolute atomic E-state index is 0.156. The smallest absolute Gasteiger partial charge is 0.375 e. The van der Waals surface area contributed by atoms with E-state index in [9.17, 15) is 13.2 Å². The van der Waals surface area contributed by atoms with Crippen LogP contribution in [0.5, 0.6) is 0 Å². The molecule has 1 fully saturated rings. The summed E-state index contributed by atoms with van der Waals surface area (Å²) >= 11 is 2.51. The van der Waals surface area contributed by atoms with Gasteiger partial charge in [-0.25, -0.2) is 4.98 Å². The molecular formula is C11H12F3N3S2. The fourth-order valence-electron chi connectivity index (χ4n) is 2.15. The van der Waals surface area contributed by atoms with Crippen molar-refractivity contribution in [1.82, 2.24) is 4.98 Å². The second-order valence-corrected chi connectivity index (χ2v) is 7.15. The molecule has 2 heterocycles. The number of halogens is 3. The van der Waals surface area contributed by atoms with Gasteiger partial charge < -0.3 is 5.73 Å². The Balaban J connectivity index is 1.94. The van der Waals surface area contributed by atoms with E-state index >= 15 is 0 Å². The molecule has 8 heteroatoms. The van der Waals surface area contributed by atoms with Crippen LogP contribution in [0.25, 0.3) is 0 Å². The van der Waals surface area contributed by atoms with Crippen LogP contribution < -0.4 is 5.73 Å². The highest BCUT2D eigenvalue weighted by Gasteiger charge is 2.67. The van der Waals surface area contributed by atoms with Crippen LogP contribution >= 0.6 is 23.1 Å². The number of aromatic nitrogens is 1. The predicted octanol–water partition coefficient (Wildman–Crippen LogP) is 3.43. The van der Waals surface area contributed by atoms with Gasteiger partial charge in [0.1, 0.15) is 11.0 Å². The molecule has 1 aromatic rings. The fraction of sp³-hybridized carbons (Fsp3) is 0.636. The van der Waals surface area contributed by atoms with E-state index in [1.54, 1.807) is 6.20 Å². The molecule has 0 bridgehead atoms. The molecule has 104 valence electrons. The largest absolute Gasteiger partial charge is 0.400 e. The lowest BCUT2D eigenvalue weighted by Gasteiger charge is -2.19. The Morgan fingerprint density at radius 3 is 2.53 bits per heavy atom. The van der Waals surface area contributed by atoms with Gasteiger partial charge in [-0.1, -0.05) is 11.3 Å². The van der Waals surface area contributed by atoms with Gasteiger partial charge in [0.15, 0.2) is 5.13 Å². The Hall–Kier alpha value is -0.760. The fourth-order valence-corrected chi connectivity index (χ4v) is 4.51. The second-order valence-electron chi connectivity index (χ2n) is 5.12. The Morgan fingerprint density at radius 1 is 1.37 bits per heavy atom. The highest BCUT2D eigenvalue weighted by molar-refractivity contribution is 8.14. The third kappa shape index (κ3) is 1.96. The van der Waals surface area contributed by atoms with Crippen molar-refractivity contribution in [3.63, 3.8) is 0 Å². The highest BCUT2D eigenvalue weighted by atomic mass is 32.2. The topological polar surface area (TPSA) is 51.3 Å². The Labute approximate surface area is 116 Å². The molecule has 1 atom stereocenters. The van der Waals surface area contributed by atoms with Crippen LogP contribution in [-0.4, -0.2) is 22.0 Å². The normalized spacial score (nSPS) is 29.4. The van der Waals surface area contributed by atoms with Crippen LogP contribution in [0.15, 0.2) is 11.2 Å². The number of nitrogen functional groups attached to an aromatic ring is 1. The Bertz CT molecular complexity index is 548. The molecule has 0 spiro atoms. The summed E-state index contributed by atoms with van der Waals surface area (Å²) in [6.45, 7) is 1.84. The molecule has 0 amide bonds. The van der Waals surface area contributed by atoms with Crippen molar-refractivity contribution >= 4 is 33.3 Å².